The van der Waals surface area contributed by atoms with E-state index >= 15 is 0 Å². The summed E-state index contributed by atoms with van der Waals surface area (Å²) in [5, 5.41) is 0. The summed E-state index contributed by atoms with van der Waals surface area (Å²) in [5.41, 5.74) is 9.46. The zero-order valence-corrected chi connectivity index (χ0v) is 22.3. The number of ether oxygens (including phenoxy) is 2. The van der Waals surface area contributed by atoms with Crippen LogP contribution in [0.2, 0.25) is 0 Å². The molecule has 0 N–H and O–H groups in total. The second-order valence-electron chi connectivity index (χ2n) is 11.7. The van der Waals surface area contributed by atoms with Gasteiger partial charge < -0.3 is 9.47 Å². The molecule has 0 aromatic heterocycles. The SMILES string of the molecule is CC1OCCC(C)(C)C2CC(C2)c2ccccc2OC(C)(C)CCS1(C)CC1=C=C=CC=C1. The van der Waals surface area contributed by atoms with Gasteiger partial charge in [0.25, 0.3) is 0 Å². The second-order valence-corrected chi connectivity index (χ2v) is 15.8. The molecule has 1 aromatic rings. The van der Waals surface area contributed by atoms with Gasteiger partial charge in [-0.2, -0.15) is 0 Å². The lowest BCUT2D eigenvalue weighted by atomic mass is 9.59. The van der Waals surface area contributed by atoms with Crippen molar-refractivity contribution in [3.05, 3.63) is 65.1 Å². The zero-order chi connectivity index (χ0) is 23.7. The largest absolute Gasteiger partial charge is 0.488 e. The predicted octanol–water partition coefficient (Wildman–Crippen LogP) is 7.76. The lowest BCUT2D eigenvalue weighted by molar-refractivity contribution is 0.0377. The van der Waals surface area contributed by atoms with Crippen LogP contribution in [0.4, 0.5) is 0 Å². The fourth-order valence-corrected chi connectivity index (χ4v) is 8.26. The van der Waals surface area contributed by atoms with Gasteiger partial charge in [0.05, 0.1) is 5.44 Å². The topological polar surface area (TPSA) is 18.5 Å². The molecule has 33 heavy (non-hydrogen) atoms. The van der Waals surface area contributed by atoms with E-state index in [0.29, 0.717) is 11.3 Å². The van der Waals surface area contributed by atoms with Crippen molar-refractivity contribution in [3.63, 3.8) is 0 Å². The Kier molecular flexibility index (Phi) is 7.09. The van der Waals surface area contributed by atoms with E-state index in [1.807, 2.05) is 6.08 Å². The van der Waals surface area contributed by atoms with Crippen LogP contribution in [-0.4, -0.2) is 35.4 Å². The van der Waals surface area contributed by atoms with Crippen molar-refractivity contribution in [2.24, 2.45) is 11.3 Å². The summed E-state index contributed by atoms with van der Waals surface area (Å²) < 4.78 is 13.4. The number of benzene rings is 1. The van der Waals surface area contributed by atoms with Crippen LogP contribution in [0.15, 0.2) is 59.5 Å². The average molecular weight is 467 g/mol. The van der Waals surface area contributed by atoms with E-state index in [1.54, 1.807) is 0 Å². The standard InChI is InChI=1S/C30H42O2S/c1-23-31-18-16-29(2,3)26-20-25(21-26)27-14-10-11-15-28(27)32-30(4,5)17-19-33(23,6)22-24-12-8-7-9-13-24/h7-8,10-12,14-15,23,25-26H,16-22H2,1-6H3. The smallest absolute Gasteiger partial charge is 0.123 e. The number of hydrogen-bond acceptors (Lipinski definition) is 2. The Morgan fingerprint density at radius 2 is 1.85 bits per heavy atom. The fourth-order valence-electron chi connectivity index (χ4n) is 5.29. The van der Waals surface area contributed by atoms with Gasteiger partial charge in [0.2, 0.25) is 0 Å². The molecule has 2 aliphatic heterocycles. The Hall–Kier alpha value is -1.63. The van der Waals surface area contributed by atoms with Crippen molar-refractivity contribution in [1.82, 2.24) is 0 Å². The van der Waals surface area contributed by atoms with Gasteiger partial charge in [-0.3, -0.25) is 0 Å². The molecule has 1 fully saturated rings. The number of rotatable bonds is 2. The number of fused-ring (bicyclic) bond motifs is 9. The first-order chi connectivity index (χ1) is 15.6. The van der Waals surface area contributed by atoms with Crippen molar-refractivity contribution in [3.8, 4) is 5.75 Å². The normalized spacial score (nSPS) is 35.0. The molecule has 2 aliphatic carbocycles. The minimum Gasteiger partial charge on any atom is -0.488 e. The quantitative estimate of drug-likeness (QED) is 0.415. The van der Waals surface area contributed by atoms with E-state index in [4.69, 9.17) is 9.47 Å². The molecule has 1 saturated carbocycles. The minimum atomic E-state index is -1.07. The lowest BCUT2D eigenvalue weighted by Gasteiger charge is -2.46. The molecule has 2 atom stereocenters. The first-order valence-electron chi connectivity index (χ1n) is 12.6. The molecule has 2 nitrogen and oxygen atoms in total. The summed E-state index contributed by atoms with van der Waals surface area (Å²) in [7, 11) is -1.07. The Balaban J connectivity index is 1.62. The molecule has 0 amide bonds. The van der Waals surface area contributed by atoms with Crippen LogP contribution in [0.25, 0.3) is 0 Å². The van der Waals surface area contributed by atoms with Crippen LogP contribution in [0.3, 0.4) is 0 Å². The first kappa shape index (κ1) is 24.5. The monoisotopic (exact) mass is 466 g/mol. The fraction of sp³-hybridized carbons (Fsp3) is 0.600. The maximum absolute atomic E-state index is 6.74. The average Bonchev–Trinajstić information content (AvgIpc) is 2.72. The van der Waals surface area contributed by atoms with Crippen molar-refractivity contribution in [2.45, 2.75) is 77.3 Å². The number of para-hydroxylation sites is 1. The van der Waals surface area contributed by atoms with E-state index in [2.05, 4.69) is 88.8 Å². The van der Waals surface area contributed by atoms with E-state index in [9.17, 15) is 0 Å². The minimum absolute atomic E-state index is 0.223. The molecule has 2 unspecified atom stereocenters. The van der Waals surface area contributed by atoms with Crippen LogP contribution in [0, 0.1) is 11.3 Å². The molecule has 0 radical (unpaired) electrons. The number of allylic oxidation sites excluding steroid dienone is 3. The third-order valence-corrected chi connectivity index (χ3v) is 12.1. The molecule has 4 aliphatic rings. The van der Waals surface area contributed by atoms with Crippen LogP contribution in [-0.2, 0) is 4.74 Å². The maximum atomic E-state index is 6.74. The van der Waals surface area contributed by atoms with Crippen LogP contribution < -0.4 is 4.74 Å². The predicted molar refractivity (Wildman–Crippen MR) is 143 cm³/mol. The van der Waals surface area contributed by atoms with Crippen molar-refractivity contribution in [2.75, 3.05) is 24.4 Å². The van der Waals surface area contributed by atoms with Gasteiger partial charge >= 0.3 is 0 Å². The molecule has 3 heteroatoms. The van der Waals surface area contributed by atoms with E-state index in [-0.39, 0.29) is 11.0 Å². The van der Waals surface area contributed by atoms with Crippen LogP contribution in [0.1, 0.15) is 71.8 Å². The Morgan fingerprint density at radius 1 is 1.09 bits per heavy atom. The van der Waals surface area contributed by atoms with Gasteiger partial charge in [0.1, 0.15) is 11.4 Å². The van der Waals surface area contributed by atoms with Gasteiger partial charge in [-0.15, -0.1) is 0 Å². The summed E-state index contributed by atoms with van der Waals surface area (Å²) in [6.45, 7) is 12.5. The lowest BCUT2D eigenvalue weighted by Crippen LogP contribution is -2.36. The molecule has 2 heterocycles. The molecule has 0 spiro atoms. The van der Waals surface area contributed by atoms with Crippen molar-refractivity contribution < 1.29 is 9.47 Å². The maximum Gasteiger partial charge on any atom is 0.123 e. The highest BCUT2D eigenvalue weighted by Crippen LogP contribution is 2.55. The Bertz CT molecular complexity index is 984. The van der Waals surface area contributed by atoms with E-state index in [1.165, 1.54) is 24.0 Å². The summed E-state index contributed by atoms with van der Waals surface area (Å²) in [6.07, 6.45) is 13.3. The van der Waals surface area contributed by atoms with E-state index < -0.39 is 10.0 Å². The summed E-state index contributed by atoms with van der Waals surface area (Å²) in [5.74, 6) is 4.59. The van der Waals surface area contributed by atoms with Gasteiger partial charge in [0.15, 0.2) is 0 Å². The van der Waals surface area contributed by atoms with E-state index in [0.717, 1.165) is 42.6 Å². The first-order valence-corrected chi connectivity index (χ1v) is 15.0. The van der Waals surface area contributed by atoms with Crippen LogP contribution >= 0.6 is 10.0 Å². The molecule has 0 saturated heterocycles. The molecular weight excluding hydrogens is 424 g/mol. The van der Waals surface area contributed by atoms with Crippen molar-refractivity contribution in [1.29, 1.82) is 0 Å². The summed E-state index contributed by atoms with van der Waals surface area (Å²) >= 11 is 0. The molecule has 5 rings (SSSR count). The zero-order valence-electron chi connectivity index (χ0n) is 21.4. The molecule has 2 bridgehead atoms. The summed E-state index contributed by atoms with van der Waals surface area (Å²) in [6, 6.07) is 8.77. The Morgan fingerprint density at radius 3 is 2.58 bits per heavy atom. The Labute approximate surface area is 203 Å². The van der Waals surface area contributed by atoms with Crippen molar-refractivity contribution >= 4 is 10.0 Å². The van der Waals surface area contributed by atoms with Gasteiger partial charge in [0, 0.05) is 17.9 Å². The molecule has 180 valence electrons. The third-order valence-electron chi connectivity index (χ3n) is 8.25. The highest BCUT2D eigenvalue weighted by molar-refractivity contribution is 8.33. The van der Waals surface area contributed by atoms with Gasteiger partial charge in [-0.25, -0.2) is 10.0 Å². The van der Waals surface area contributed by atoms with Gasteiger partial charge in [-0.1, -0.05) is 49.6 Å². The highest BCUT2D eigenvalue weighted by Gasteiger charge is 2.42. The number of hydrogen-bond donors (Lipinski definition) is 0. The molecule has 1 aromatic carbocycles. The third kappa shape index (κ3) is 5.72. The summed E-state index contributed by atoms with van der Waals surface area (Å²) in [4.78, 5) is 0. The highest BCUT2D eigenvalue weighted by atomic mass is 32.3. The van der Waals surface area contributed by atoms with Crippen LogP contribution in [0.5, 0.6) is 5.75 Å². The van der Waals surface area contributed by atoms with Gasteiger partial charge in [-0.05, 0) is 99.5 Å². The second kappa shape index (κ2) is 9.55. The molecular formula is C30H42O2S.